The van der Waals surface area contributed by atoms with Crippen LogP contribution in [0.1, 0.15) is 95.8 Å². The predicted molar refractivity (Wildman–Crippen MR) is 104 cm³/mol. The van der Waals surface area contributed by atoms with Gasteiger partial charge in [-0.1, -0.05) is 59.9 Å². The van der Waals surface area contributed by atoms with Crippen LogP contribution >= 0.6 is 0 Å². The summed E-state index contributed by atoms with van der Waals surface area (Å²) in [7, 11) is 0. The van der Waals surface area contributed by atoms with Gasteiger partial charge >= 0.3 is 0 Å². The first kappa shape index (κ1) is 20.5. The molecular formula is C22H34O2. The number of hydrogen-bond donors (Lipinski definition) is 0. The highest BCUT2D eigenvalue weighted by atomic mass is 16.5. The van der Waals surface area contributed by atoms with Gasteiger partial charge in [0.15, 0.2) is 0 Å². The van der Waals surface area contributed by atoms with Crippen LogP contribution in [0.5, 0.6) is 5.75 Å². The number of carbonyl (C=O) groups is 1. The van der Waals surface area contributed by atoms with E-state index in [4.69, 9.17) is 4.74 Å². The molecule has 134 valence electrons. The van der Waals surface area contributed by atoms with Crippen LogP contribution in [-0.4, -0.2) is 12.9 Å². The third-order valence-corrected chi connectivity index (χ3v) is 4.42. The van der Waals surface area contributed by atoms with Crippen molar-refractivity contribution in [1.82, 2.24) is 0 Å². The summed E-state index contributed by atoms with van der Waals surface area (Å²) in [6.07, 6.45) is 7.25. The maximum absolute atomic E-state index is 11.0. The molecule has 1 aromatic carbocycles. The minimum Gasteiger partial charge on any atom is -0.493 e. The number of benzene rings is 1. The maximum atomic E-state index is 11.0. The van der Waals surface area contributed by atoms with Gasteiger partial charge in [-0.3, -0.25) is 4.79 Å². The fraction of sp³-hybridized carbons (Fsp3) is 0.591. The van der Waals surface area contributed by atoms with E-state index in [9.17, 15) is 4.79 Å². The van der Waals surface area contributed by atoms with E-state index in [1.54, 1.807) is 6.08 Å². The standard InChI is InChI=1S/C22H34O2/c1-7-8-9-10-13-24-22-20(17(4)5)14-19(16(2)3)15-21(22)18(6)11-12-23/h11-12,14-17H,7-10,13H2,1-6H3. The third-order valence-electron chi connectivity index (χ3n) is 4.42. The fourth-order valence-electron chi connectivity index (χ4n) is 2.79. The van der Waals surface area contributed by atoms with Crippen LogP contribution in [0.25, 0.3) is 5.57 Å². The molecule has 0 aromatic heterocycles. The molecule has 1 rings (SSSR count). The smallest absolute Gasteiger partial charge is 0.143 e. The number of unbranched alkanes of at least 4 members (excludes halogenated alkanes) is 3. The topological polar surface area (TPSA) is 26.3 Å². The zero-order valence-electron chi connectivity index (χ0n) is 16.3. The molecule has 2 heteroatoms. The molecule has 0 radical (unpaired) electrons. The van der Waals surface area contributed by atoms with Gasteiger partial charge in [0.25, 0.3) is 0 Å². The average molecular weight is 331 g/mol. The minimum absolute atomic E-state index is 0.386. The zero-order chi connectivity index (χ0) is 18.1. The first-order valence-corrected chi connectivity index (χ1v) is 9.35. The van der Waals surface area contributed by atoms with Crippen molar-refractivity contribution in [3.05, 3.63) is 34.9 Å². The number of ether oxygens (including phenoxy) is 1. The summed E-state index contributed by atoms with van der Waals surface area (Å²) in [5, 5.41) is 0. The van der Waals surface area contributed by atoms with Crippen LogP contribution in [0.15, 0.2) is 18.2 Å². The highest BCUT2D eigenvalue weighted by Gasteiger charge is 2.17. The van der Waals surface area contributed by atoms with Crippen LogP contribution < -0.4 is 4.74 Å². The lowest BCUT2D eigenvalue weighted by Gasteiger charge is -2.21. The molecule has 24 heavy (non-hydrogen) atoms. The molecule has 0 saturated heterocycles. The molecule has 0 amide bonds. The Morgan fingerprint density at radius 2 is 1.79 bits per heavy atom. The van der Waals surface area contributed by atoms with Crippen molar-refractivity contribution in [2.45, 2.75) is 79.1 Å². The molecular weight excluding hydrogens is 296 g/mol. The number of hydrogen-bond acceptors (Lipinski definition) is 2. The number of rotatable bonds is 10. The second-order valence-electron chi connectivity index (χ2n) is 7.19. The van der Waals surface area contributed by atoms with Crippen molar-refractivity contribution in [2.75, 3.05) is 6.61 Å². The molecule has 1 aromatic rings. The first-order valence-electron chi connectivity index (χ1n) is 9.35. The van der Waals surface area contributed by atoms with Gasteiger partial charge in [0.1, 0.15) is 12.0 Å². The zero-order valence-corrected chi connectivity index (χ0v) is 16.3. The molecule has 2 nitrogen and oxygen atoms in total. The largest absolute Gasteiger partial charge is 0.493 e. The highest BCUT2D eigenvalue weighted by Crippen LogP contribution is 2.37. The molecule has 0 bridgehead atoms. The fourth-order valence-corrected chi connectivity index (χ4v) is 2.79. The van der Waals surface area contributed by atoms with Gasteiger partial charge < -0.3 is 4.74 Å². The van der Waals surface area contributed by atoms with Gasteiger partial charge in [0.2, 0.25) is 0 Å². The summed E-state index contributed by atoms with van der Waals surface area (Å²) in [6, 6.07) is 4.46. The van der Waals surface area contributed by atoms with Gasteiger partial charge in [0.05, 0.1) is 6.61 Å². The summed E-state index contributed by atoms with van der Waals surface area (Å²) >= 11 is 0. The van der Waals surface area contributed by atoms with E-state index in [-0.39, 0.29) is 0 Å². The Balaban J connectivity index is 3.23. The lowest BCUT2D eigenvalue weighted by atomic mass is 9.89. The molecule has 0 spiro atoms. The molecule has 0 saturated carbocycles. The summed E-state index contributed by atoms with van der Waals surface area (Å²) in [5.41, 5.74) is 4.57. The van der Waals surface area contributed by atoms with Crippen LogP contribution in [0, 0.1) is 0 Å². The van der Waals surface area contributed by atoms with Gasteiger partial charge in [-0.05, 0) is 54.0 Å². The first-order chi connectivity index (χ1) is 11.4. The summed E-state index contributed by atoms with van der Waals surface area (Å²) < 4.78 is 6.22. The molecule has 0 aliphatic heterocycles. The normalized spacial score (nSPS) is 12.1. The van der Waals surface area contributed by atoms with Crippen molar-refractivity contribution in [3.63, 3.8) is 0 Å². The maximum Gasteiger partial charge on any atom is 0.143 e. The SMILES string of the molecule is CCCCCCOc1c(C(C)=CC=O)cc(C(C)C)cc1C(C)C. The number of allylic oxidation sites excluding steroid dienone is 2. The van der Waals surface area contributed by atoms with Crippen LogP contribution in [-0.2, 0) is 4.79 Å². The molecule has 0 atom stereocenters. The average Bonchev–Trinajstić information content (AvgIpc) is 2.54. The van der Waals surface area contributed by atoms with Gasteiger partial charge in [-0.15, -0.1) is 0 Å². The second kappa shape index (κ2) is 10.3. The van der Waals surface area contributed by atoms with Crippen molar-refractivity contribution in [2.24, 2.45) is 0 Å². The Morgan fingerprint density at radius 1 is 1.08 bits per heavy atom. The van der Waals surface area contributed by atoms with Crippen LogP contribution in [0.2, 0.25) is 0 Å². The van der Waals surface area contributed by atoms with Gasteiger partial charge in [0, 0.05) is 5.56 Å². The second-order valence-corrected chi connectivity index (χ2v) is 7.19. The molecule has 0 aliphatic rings. The highest BCUT2D eigenvalue weighted by molar-refractivity contribution is 5.83. The van der Waals surface area contributed by atoms with Crippen LogP contribution in [0.3, 0.4) is 0 Å². The summed E-state index contributed by atoms with van der Waals surface area (Å²) in [5.74, 6) is 1.79. The monoisotopic (exact) mass is 330 g/mol. The van der Waals surface area contributed by atoms with E-state index < -0.39 is 0 Å². The number of aldehydes is 1. The van der Waals surface area contributed by atoms with Crippen LogP contribution in [0.4, 0.5) is 0 Å². The molecule has 0 unspecified atom stereocenters. The summed E-state index contributed by atoms with van der Waals surface area (Å²) in [4.78, 5) is 11.0. The number of carbonyl (C=O) groups excluding carboxylic acids is 1. The molecule has 0 heterocycles. The van der Waals surface area contributed by atoms with E-state index in [0.717, 1.165) is 36.2 Å². The Kier molecular flexibility index (Phi) is 8.81. The Hall–Kier alpha value is -1.57. The predicted octanol–water partition coefficient (Wildman–Crippen LogP) is 6.49. The van der Waals surface area contributed by atoms with E-state index in [2.05, 4.69) is 46.8 Å². The third kappa shape index (κ3) is 5.81. The quantitative estimate of drug-likeness (QED) is 0.278. The Bertz CT molecular complexity index is 553. The van der Waals surface area contributed by atoms with Crippen molar-refractivity contribution < 1.29 is 9.53 Å². The van der Waals surface area contributed by atoms with E-state index >= 15 is 0 Å². The Labute approximate surface area is 148 Å². The van der Waals surface area contributed by atoms with Crippen molar-refractivity contribution in [1.29, 1.82) is 0 Å². The molecule has 0 aliphatic carbocycles. The van der Waals surface area contributed by atoms with E-state index in [1.165, 1.54) is 30.4 Å². The Morgan fingerprint density at radius 3 is 2.33 bits per heavy atom. The molecule has 0 N–H and O–H groups in total. The minimum atomic E-state index is 0.386. The summed E-state index contributed by atoms with van der Waals surface area (Å²) in [6.45, 7) is 13.7. The van der Waals surface area contributed by atoms with Crippen molar-refractivity contribution in [3.8, 4) is 5.75 Å². The van der Waals surface area contributed by atoms with E-state index in [0.29, 0.717) is 11.8 Å². The lowest BCUT2D eigenvalue weighted by Crippen LogP contribution is -2.06. The molecule has 0 fully saturated rings. The van der Waals surface area contributed by atoms with Gasteiger partial charge in [-0.2, -0.15) is 0 Å². The lowest BCUT2D eigenvalue weighted by molar-refractivity contribution is -0.104. The van der Waals surface area contributed by atoms with Gasteiger partial charge in [-0.25, -0.2) is 0 Å². The van der Waals surface area contributed by atoms with Crippen molar-refractivity contribution >= 4 is 11.9 Å². The van der Waals surface area contributed by atoms with E-state index in [1.807, 2.05) is 6.92 Å².